The Labute approximate surface area is 101 Å². The molecule has 1 aromatic heterocycles. The smallest absolute Gasteiger partial charge is 0.351 e. The SMILES string of the molecule is Nc1ccn([C@H]2O[C@H](CO)[C@H](NO)[C@@H]2F)c(=O)n1. The number of anilines is 1. The number of hydrogen-bond acceptors (Lipinski definition) is 7. The molecule has 5 N–H and O–H groups in total. The number of rotatable bonds is 3. The third-order valence-corrected chi connectivity index (χ3v) is 2.78. The van der Waals surface area contributed by atoms with Gasteiger partial charge in [0, 0.05) is 6.20 Å². The van der Waals surface area contributed by atoms with E-state index < -0.39 is 36.8 Å². The Balaban J connectivity index is 2.32. The van der Waals surface area contributed by atoms with Crippen molar-refractivity contribution in [2.24, 2.45) is 0 Å². The molecule has 4 atom stereocenters. The average Bonchev–Trinajstić information content (AvgIpc) is 2.66. The van der Waals surface area contributed by atoms with Crippen LogP contribution in [0.1, 0.15) is 6.23 Å². The molecular weight excluding hydrogens is 247 g/mol. The molecule has 0 saturated carbocycles. The number of alkyl halides is 1. The number of hydrogen-bond donors (Lipinski definition) is 4. The molecule has 9 heteroatoms. The van der Waals surface area contributed by atoms with Crippen LogP contribution in [0.5, 0.6) is 0 Å². The van der Waals surface area contributed by atoms with Crippen molar-refractivity contribution in [2.45, 2.75) is 24.5 Å². The molecule has 0 radical (unpaired) electrons. The zero-order chi connectivity index (χ0) is 13.3. The maximum Gasteiger partial charge on any atom is 0.351 e. The standard InChI is InChI=1S/C9H13FN4O4/c10-6-7(13-17)4(3-15)18-8(6)14-2-1-5(11)12-9(14)16/h1-2,4,6-8,13,15,17H,3H2,(H2,11,12,16)/t4-,6+,7+,8+/m1/s1. The molecule has 1 aromatic rings. The molecule has 0 aliphatic carbocycles. The van der Waals surface area contributed by atoms with Gasteiger partial charge in [0.2, 0.25) is 0 Å². The fourth-order valence-corrected chi connectivity index (χ4v) is 1.87. The molecule has 8 nitrogen and oxygen atoms in total. The van der Waals surface area contributed by atoms with Gasteiger partial charge in [0.15, 0.2) is 12.4 Å². The largest absolute Gasteiger partial charge is 0.394 e. The number of nitrogen functional groups attached to an aromatic ring is 1. The van der Waals surface area contributed by atoms with E-state index in [1.54, 1.807) is 5.48 Å². The van der Waals surface area contributed by atoms with Crippen LogP contribution in [-0.2, 0) is 4.74 Å². The third-order valence-electron chi connectivity index (χ3n) is 2.78. The van der Waals surface area contributed by atoms with Gasteiger partial charge in [0.05, 0.1) is 12.6 Å². The highest BCUT2D eigenvalue weighted by Gasteiger charge is 2.46. The summed E-state index contributed by atoms with van der Waals surface area (Å²) in [7, 11) is 0. The topological polar surface area (TPSA) is 123 Å². The Hall–Kier alpha value is -1.55. The van der Waals surface area contributed by atoms with Gasteiger partial charge >= 0.3 is 5.69 Å². The summed E-state index contributed by atoms with van der Waals surface area (Å²) in [6.45, 7) is -0.494. The van der Waals surface area contributed by atoms with Crippen molar-refractivity contribution in [3.8, 4) is 0 Å². The summed E-state index contributed by atoms with van der Waals surface area (Å²) in [6.07, 6.45) is -2.70. The van der Waals surface area contributed by atoms with Crippen LogP contribution in [0.2, 0.25) is 0 Å². The molecule has 0 amide bonds. The van der Waals surface area contributed by atoms with Crippen molar-refractivity contribution in [2.75, 3.05) is 12.3 Å². The number of ether oxygens (including phenoxy) is 1. The summed E-state index contributed by atoms with van der Waals surface area (Å²) in [5, 5.41) is 17.8. The predicted octanol–water partition coefficient (Wildman–Crippen LogP) is -1.60. The minimum absolute atomic E-state index is 0.0141. The van der Waals surface area contributed by atoms with Crippen LogP contribution in [0, 0.1) is 0 Å². The number of nitrogens with two attached hydrogens (primary N) is 1. The summed E-state index contributed by atoms with van der Waals surface area (Å²) < 4.78 is 20.1. The van der Waals surface area contributed by atoms with Crippen molar-refractivity contribution in [1.82, 2.24) is 15.0 Å². The first-order valence-electron chi connectivity index (χ1n) is 5.23. The molecule has 1 saturated heterocycles. The van der Waals surface area contributed by atoms with E-state index in [1.807, 2.05) is 0 Å². The number of halogens is 1. The van der Waals surface area contributed by atoms with Crippen molar-refractivity contribution in [1.29, 1.82) is 0 Å². The lowest BCUT2D eigenvalue weighted by molar-refractivity contribution is -0.0445. The van der Waals surface area contributed by atoms with Gasteiger partial charge in [-0.1, -0.05) is 0 Å². The molecule has 1 aliphatic rings. The summed E-state index contributed by atoms with van der Waals surface area (Å²) in [6, 6.07) is 0.204. The van der Waals surface area contributed by atoms with E-state index in [4.69, 9.17) is 20.8 Å². The summed E-state index contributed by atoms with van der Waals surface area (Å²) in [5.41, 5.74) is 6.28. The minimum atomic E-state index is -1.71. The Morgan fingerprint density at radius 1 is 1.67 bits per heavy atom. The van der Waals surface area contributed by atoms with E-state index in [0.717, 1.165) is 4.57 Å². The van der Waals surface area contributed by atoms with Gasteiger partial charge in [-0.15, -0.1) is 0 Å². The normalized spacial score (nSPS) is 31.7. The van der Waals surface area contributed by atoms with Crippen LogP contribution in [0.3, 0.4) is 0 Å². The van der Waals surface area contributed by atoms with E-state index in [9.17, 15) is 9.18 Å². The summed E-state index contributed by atoms with van der Waals surface area (Å²) >= 11 is 0. The van der Waals surface area contributed by atoms with Crippen LogP contribution < -0.4 is 16.9 Å². The van der Waals surface area contributed by atoms with Gasteiger partial charge in [-0.25, -0.2) is 9.18 Å². The van der Waals surface area contributed by atoms with Crippen molar-refractivity contribution in [3.63, 3.8) is 0 Å². The fourth-order valence-electron chi connectivity index (χ4n) is 1.87. The van der Waals surface area contributed by atoms with Gasteiger partial charge in [-0.3, -0.25) is 4.57 Å². The molecule has 0 unspecified atom stereocenters. The molecule has 0 aromatic carbocycles. The van der Waals surface area contributed by atoms with E-state index in [-0.39, 0.29) is 5.82 Å². The zero-order valence-corrected chi connectivity index (χ0v) is 9.23. The monoisotopic (exact) mass is 260 g/mol. The highest BCUT2D eigenvalue weighted by Crippen LogP contribution is 2.30. The number of nitrogens with one attached hydrogen (secondary N) is 1. The molecule has 2 heterocycles. The molecule has 18 heavy (non-hydrogen) atoms. The Bertz CT molecular complexity index is 482. The summed E-state index contributed by atoms with van der Waals surface area (Å²) in [5.74, 6) is 0.0141. The second kappa shape index (κ2) is 4.98. The molecule has 2 rings (SSSR count). The van der Waals surface area contributed by atoms with Gasteiger partial charge in [-0.2, -0.15) is 10.5 Å². The minimum Gasteiger partial charge on any atom is -0.394 e. The predicted molar refractivity (Wildman–Crippen MR) is 57.5 cm³/mol. The maximum absolute atomic E-state index is 14.0. The highest BCUT2D eigenvalue weighted by atomic mass is 19.1. The van der Waals surface area contributed by atoms with Gasteiger partial charge in [-0.05, 0) is 6.07 Å². The van der Waals surface area contributed by atoms with Gasteiger partial charge < -0.3 is 20.8 Å². The lowest BCUT2D eigenvalue weighted by atomic mass is 10.1. The zero-order valence-electron chi connectivity index (χ0n) is 9.23. The number of aliphatic hydroxyl groups is 1. The van der Waals surface area contributed by atoms with Crippen molar-refractivity contribution < 1.29 is 19.4 Å². The number of nitrogens with zero attached hydrogens (tertiary/aromatic N) is 2. The molecule has 0 spiro atoms. The Morgan fingerprint density at radius 2 is 2.39 bits per heavy atom. The molecule has 0 bridgehead atoms. The third kappa shape index (κ3) is 2.08. The van der Waals surface area contributed by atoms with Crippen LogP contribution in [0.25, 0.3) is 0 Å². The van der Waals surface area contributed by atoms with Gasteiger partial charge in [0.1, 0.15) is 11.9 Å². The summed E-state index contributed by atoms with van der Waals surface area (Å²) in [4.78, 5) is 15.0. The van der Waals surface area contributed by atoms with E-state index in [0.29, 0.717) is 0 Å². The number of hydroxylamine groups is 1. The van der Waals surface area contributed by atoms with Crippen molar-refractivity contribution >= 4 is 5.82 Å². The first-order valence-corrected chi connectivity index (χ1v) is 5.23. The lowest BCUT2D eigenvalue weighted by Crippen LogP contribution is -2.42. The highest BCUT2D eigenvalue weighted by molar-refractivity contribution is 5.23. The Morgan fingerprint density at radius 3 is 2.89 bits per heavy atom. The van der Waals surface area contributed by atoms with Crippen LogP contribution in [0.15, 0.2) is 17.1 Å². The molecule has 100 valence electrons. The van der Waals surface area contributed by atoms with E-state index in [2.05, 4.69) is 4.98 Å². The van der Waals surface area contributed by atoms with Gasteiger partial charge in [0.25, 0.3) is 0 Å². The van der Waals surface area contributed by atoms with E-state index >= 15 is 0 Å². The molecule has 1 fully saturated rings. The fraction of sp³-hybridized carbons (Fsp3) is 0.556. The lowest BCUT2D eigenvalue weighted by Gasteiger charge is -2.16. The molecular formula is C9H13FN4O4. The van der Waals surface area contributed by atoms with Crippen LogP contribution in [0.4, 0.5) is 10.2 Å². The molecule has 1 aliphatic heterocycles. The van der Waals surface area contributed by atoms with Crippen LogP contribution in [-0.4, -0.2) is 44.8 Å². The number of aromatic nitrogens is 2. The maximum atomic E-state index is 14.0. The van der Waals surface area contributed by atoms with Crippen molar-refractivity contribution in [3.05, 3.63) is 22.7 Å². The quantitative estimate of drug-likeness (QED) is 0.483. The average molecular weight is 260 g/mol. The number of aliphatic hydroxyl groups excluding tert-OH is 1. The second-order valence-corrected chi connectivity index (χ2v) is 3.89. The van der Waals surface area contributed by atoms with E-state index in [1.165, 1.54) is 12.3 Å². The van der Waals surface area contributed by atoms with Crippen LogP contribution >= 0.6 is 0 Å². The first kappa shape index (κ1) is 12.9. The second-order valence-electron chi connectivity index (χ2n) is 3.89. The first-order chi connectivity index (χ1) is 8.58. The Kier molecular flexibility index (Phi) is 3.57.